The molecule has 0 aliphatic rings. The molecule has 2 aromatic carbocycles. The van der Waals surface area contributed by atoms with Gasteiger partial charge in [0.15, 0.2) is 11.2 Å². The number of fused-ring (bicyclic) bond motifs is 1. The molecule has 10 heteroatoms. The fourth-order valence-electron chi connectivity index (χ4n) is 2.89. The highest BCUT2D eigenvalue weighted by atomic mass is 32.2. The van der Waals surface area contributed by atoms with E-state index in [1.54, 1.807) is 30.3 Å². The van der Waals surface area contributed by atoms with Crippen molar-refractivity contribution < 1.29 is 17.6 Å². The van der Waals surface area contributed by atoms with E-state index in [2.05, 4.69) is 20.0 Å². The highest BCUT2D eigenvalue weighted by Crippen LogP contribution is 2.23. The van der Waals surface area contributed by atoms with Crippen LogP contribution in [0.5, 0.6) is 0 Å². The minimum absolute atomic E-state index is 0.0840. The smallest absolute Gasteiger partial charge is 0.261 e. The number of para-hydroxylation sites is 1. The minimum atomic E-state index is -3.74. The summed E-state index contributed by atoms with van der Waals surface area (Å²) in [6.07, 6.45) is 0. The third kappa shape index (κ3) is 5.09. The Hall–Kier alpha value is -3.37. The van der Waals surface area contributed by atoms with E-state index in [1.807, 2.05) is 32.0 Å². The first-order chi connectivity index (χ1) is 15.3. The van der Waals surface area contributed by atoms with Gasteiger partial charge in [0.2, 0.25) is 5.91 Å². The van der Waals surface area contributed by atoms with E-state index in [1.165, 1.54) is 12.1 Å². The van der Waals surface area contributed by atoms with Crippen molar-refractivity contribution in [1.82, 2.24) is 9.97 Å². The number of hydrogen-bond donors (Lipinski definition) is 2. The van der Waals surface area contributed by atoms with Crippen LogP contribution in [0.2, 0.25) is 0 Å². The molecule has 2 aromatic heterocycles. The average molecular weight is 469 g/mol. The standard InChI is InChI=1S/C22H20N4O4S2/c1-14-5-3-4-6-18(14)26-32(28,29)17-10-8-16(9-11-17)24-20(27)13-31-22-25-21-19(30-22)12-7-15(2)23-21/h3-12,26H,13H2,1-2H3,(H,24,27). The second-order valence-electron chi connectivity index (χ2n) is 7.04. The van der Waals surface area contributed by atoms with Crippen molar-refractivity contribution in [3.05, 3.63) is 71.9 Å². The van der Waals surface area contributed by atoms with E-state index in [0.29, 0.717) is 27.8 Å². The van der Waals surface area contributed by atoms with Crippen LogP contribution in [0, 0.1) is 13.8 Å². The van der Waals surface area contributed by atoms with Crippen molar-refractivity contribution in [2.24, 2.45) is 0 Å². The van der Waals surface area contributed by atoms with Gasteiger partial charge < -0.3 is 9.73 Å². The van der Waals surface area contributed by atoms with Gasteiger partial charge in [0.05, 0.1) is 16.3 Å². The summed E-state index contributed by atoms with van der Waals surface area (Å²) in [5.74, 6) is -0.184. The topological polar surface area (TPSA) is 114 Å². The Morgan fingerprint density at radius 1 is 1.00 bits per heavy atom. The lowest BCUT2D eigenvalue weighted by molar-refractivity contribution is -0.113. The molecule has 1 amide bonds. The minimum Gasteiger partial charge on any atom is -0.430 e. The van der Waals surface area contributed by atoms with Crippen molar-refractivity contribution in [3.63, 3.8) is 0 Å². The lowest BCUT2D eigenvalue weighted by Gasteiger charge is -2.11. The summed E-state index contributed by atoms with van der Waals surface area (Å²) in [6, 6.07) is 16.7. The van der Waals surface area contributed by atoms with Gasteiger partial charge in [-0.1, -0.05) is 30.0 Å². The molecule has 0 spiro atoms. The highest BCUT2D eigenvalue weighted by molar-refractivity contribution is 7.99. The largest absolute Gasteiger partial charge is 0.430 e. The van der Waals surface area contributed by atoms with Gasteiger partial charge in [-0.05, 0) is 61.9 Å². The molecule has 0 saturated heterocycles. The molecule has 0 fully saturated rings. The third-order valence-electron chi connectivity index (χ3n) is 4.54. The molecular weight excluding hydrogens is 448 g/mol. The number of hydrogen-bond acceptors (Lipinski definition) is 7. The van der Waals surface area contributed by atoms with Gasteiger partial charge >= 0.3 is 0 Å². The number of nitrogens with one attached hydrogen (secondary N) is 2. The zero-order valence-electron chi connectivity index (χ0n) is 17.3. The van der Waals surface area contributed by atoms with Crippen LogP contribution in [0.25, 0.3) is 11.2 Å². The predicted octanol–water partition coefficient (Wildman–Crippen LogP) is 4.37. The van der Waals surface area contributed by atoms with Crippen LogP contribution in [-0.2, 0) is 14.8 Å². The monoisotopic (exact) mass is 468 g/mol. The van der Waals surface area contributed by atoms with Crippen LogP contribution in [0.3, 0.4) is 0 Å². The Morgan fingerprint density at radius 2 is 1.75 bits per heavy atom. The Kier molecular flexibility index (Phi) is 6.15. The van der Waals surface area contributed by atoms with Crippen molar-refractivity contribution in [3.8, 4) is 0 Å². The van der Waals surface area contributed by atoms with Gasteiger partial charge in [-0.15, -0.1) is 0 Å². The summed E-state index contributed by atoms with van der Waals surface area (Å²) in [6.45, 7) is 3.69. The molecule has 0 saturated carbocycles. The first kappa shape index (κ1) is 21.8. The Bertz CT molecular complexity index is 1380. The Labute approximate surface area is 189 Å². The van der Waals surface area contributed by atoms with E-state index in [0.717, 1.165) is 23.0 Å². The lowest BCUT2D eigenvalue weighted by atomic mass is 10.2. The van der Waals surface area contributed by atoms with Crippen molar-refractivity contribution in [2.75, 3.05) is 15.8 Å². The van der Waals surface area contributed by atoms with Gasteiger partial charge in [0.1, 0.15) is 0 Å². The summed E-state index contributed by atoms with van der Waals surface area (Å²) < 4.78 is 33.4. The van der Waals surface area contributed by atoms with Gasteiger partial charge in [0.25, 0.3) is 15.2 Å². The molecule has 2 heterocycles. The second kappa shape index (κ2) is 9.01. The Morgan fingerprint density at radius 3 is 2.50 bits per heavy atom. The molecule has 0 atom stereocenters. The Balaban J connectivity index is 1.36. The molecule has 164 valence electrons. The summed E-state index contributed by atoms with van der Waals surface area (Å²) in [5.41, 5.74) is 3.73. The molecule has 32 heavy (non-hydrogen) atoms. The summed E-state index contributed by atoms with van der Waals surface area (Å²) >= 11 is 1.15. The van der Waals surface area contributed by atoms with E-state index in [4.69, 9.17) is 4.42 Å². The fourth-order valence-corrected chi connectivity index (χ4v) is 4.65. The SMILES string of the molecule is Cc1ccc2oc(SCC(=O)Nc3ccc(S(=O)(=O)Nc4ccccc4C)cc3)nc2n1. The lowest BCUT2D eigenvalue weighted by Crippen LogP contribution is -2.15. The first-order valence-corrected chi connectivity index (χ1v) is 12.1. The number of aryl methyl sites for hydroxylation is 2. The predicted molar refractivity (Wildman–Crippen MR) is 124 cm³/mol. The van der Waals surface area contributed by atoms with E-state index in [-0.39, 0.29) is 16.6 Å². The molecule has 0 unspecified atom stereocenters. The molecule has 2 N–H and O–H groups in total. The van der Waals surface area contributed by atoms with Crippen LogP contribution < -0.4 is 10.0 Å². The van der Waals surface area contributed by atoms with Gasteiger partial charge in [-0.3, -0.25) is 9.52 Å². The molecule has 4 aromatic rings. The van der Waals surface area contributed by atoms with Crippen molar-refractivity contribution in [2.45, 2.75) is 24.0 Å². The number of carbonyl (C=O) groups is 1. The molecular formula is C22H20N4O4S2. The number of thioether (sulfide) groups is 1. The van der Waals surface area contributed by atoms with E-state index in [9.17, 15) is 13.2 Å². The molecule has 4 rings (SSSR count). The summed E-state index contributed by atoms with van der Waals surface area (Å²) in [7, 11) is -3.74. The number of benzene rings is 2. The maximum atomic E-state index is 12.6. The van der Waals surface area contributed by atoms with E-state index < -0.39 is 10.0 Å². The van der Waals surface area contributed by atoms with Gasteiger partial charge in [-0.25, -0.2) is 13.4 Å². The number of nitrogens with zero attached hydrogens (tertiary/aromatic N) is 2. The van der Waals surface area contributed by atoms with Crippen LogP contribution in [-0.4, -0.2) is 30.0 Å². The normalized spacial score (nSPS) is 11.4. The van der Waals surface area contributed by atoms with Crippen LogP contribution >= 0.6 is 11.8 Å². The van der Waals surface area contributed by atoms with Gasteiger partial charge in [0, 0.05) is 11.4 Å². The van der Waals surface area contributed by atoms with Crippen molar-refractivity contribution in [1.29, 1.82) is 0 Å². The number of rotatable bonds is 7. The van der Waals surface area contributed by atoms with Gasteiger partial charge in [-0.2, -0.15) is 4.98 Å². The molecule has 0 radical (unpaired) electrons. The van der Waals surface area contributed by atoms with Crippen molar-refractivity contribution >= 4 is 50.3 Å². The number of carbonyl (C=O) groups excluding carboxylic acids is 1. The van der Waals surface area contributed by atoms with E-state index >= 15 is 0 Å². The average Bonchev–Trinajstić information content (AvgIpc) is 3.16. The zero-order chi connectivity index (χ0) is 22.7. The molecule has 8 nitrogen and oxygen atoms in total. The summed E-state index contributed by atoms with van der Waals surface area (Å²) in [5, 5.41) is 3.09. The maximum absolute atomic E-state index is 12.6. The molecule has 0 aliphatic carbocycles. The van der Waals surface area contributed by atoms with Crippen LogP contribution in [0.1, 0.15) is 11.3 Å². The number of sulfonamides is 1. The third-order valence-corrected chi connectivity index (χ3v) is 6.75. The number of aromatic nitrogens is 2. The second-order valence-corrected chi connectivity index (χ2v) is 9.64. The summed E-state index contributed by atoms with van der Waals surface area (Å²) in [4.78, 5) is 20.9. The number of pyridine rings is 1. The molecule has 0 aliphatic heterocycles. The quantitative estimate of drug-likeness (QED) is 0.387. The number of anilines is 2. The van der Waals surface area contributed by atoms with Crippen LogP contribution in [0.4, 0.5) is 11.4 Å². The number of amides is 1. The first-order valence-electron chi connectivity index (χ1n) is 9.65. The number of oxazole rings is 1. The van der Waals surface area contributed by atoms with Crippen LogP contribution in [0.15, 0.2) is 75.2 Å². The zero-order valence-corrected chi connectivity index (χ0v) is 19.0. The molecule has 0 bridgehead atoms. The highest BCUT2D eigenvalue weighted by Gasteiger charge is 2.16. The maximum Gasteiger partial charge on any atom is 0.261 e. The fraction of sp³-hybridized carbons (Fsp3) is 0.136.